The third-order valence-electron chi connectivity index (χ3n) is 5.42. The largest absolute Gasteiger partial charge is 0.378 e. The number of benzene rings is 2. The van der Waals surface area contributed by atoms with Crippen LogP contribution in [0, 0.1) is 5.82 Å². The van der Waals surface area contributed by atoms with Gasteiger partial charge in [0, 0.05) is 30.7 Å². The van der Waals surface area contributed by atoms with E-state index in [1.54, 1.807) is 23.5 Å². The molecule has 1 amide bonds. The zero-order valence-electron chi connectivity index (χ0n) is 18.4. The minimum atomic E-state index is -0.369. The van der Waals surface area contributed by atoms with Crippen molar-refractivity contribution in [2.75, 3.05) is 44.3 Å². The predicted molar refractivity (Wildman–Crippen MR) is 129 cm³/mol. The highest BCUT2D eigenvalue weighted by Gasteiger charge is 2.13. The highest BCUT2D eigenvalue weighted by atomic mass is 32.1. The second kappa shape index (κ2) is 11.2. The van der Waals surface area contributed by atoms with Crippen molar-refractivity contribution in [3.8, 4) is 11.3 Å². The van der Waals surface area contributed by atoms with Crippen molar-refractivity contribution in [2.45, 2.75) is 13.0 Å². The third kappa shape index (κ3) is 6.28. The Morgan fingerprint density at radius 3 is 2.55 bits per heavy atom. The Morgan fingerprint density at radius 2 is 1.85 bits per heavy atom. The normalized spacial score (nSPS) is 14.6. The Kier molecular flexibility index (Phi) is 7.87. The first kappa shape index (κ1) is 23.2. The van der Waals surface area contributed by atoms with Gasteiger partial charge < -0.3 is 25.3 Å². The van der Waals surface area contributed by atoms with Crippen molar-refractivity contribution in [2.24, 2.45) is 10.7 Å². The van der Waals surface area contributed by atoms with E-state index < -0.39 is 0 Å². The summed E-state index contributed by atoms with van der Waals surface area (Å²) >= 11 is 1.55. The molecule has 0 atom stereocenters. The number of nitrogens with zero attached hydrogens (tertiary/aromatic N) is 3. The molecule has 0 unspecified atom stereocenters. The molecule has 33 heavy (non-hydrogen) atoms. The summed E-state index contributed by atoms with van der Waals surface area (Å²) in [6.07, 6.45) is 0.805. The fourth-order valence-corrected chi connectivity index (χ4v) is 4.69. The van der Waals surface area contributed by atoms with Crippen LogP contribution in [0.5, 0.6) is 0 Å². The quantitative estimate of drug-likeness (QED) is 0.472. The highest BCUT2D eigenvalue weighted by molar-refractivity contribution is 7.07. The van der Waals surface area contributed by atoms with Crippen LogP contribution in [0.15, 0.2) is 58.9 Å². The Labute approximate surface area is 196 Å². The van der Waals surface area contributed by atoms with Crippen LogP contribution in [0.4, 0.5) is 15.8 Å². The number of hydrogen-bond acceptors (Lipinski definition) is 6. The monoisotopic (exact) mass is 469 g/mol. The minimum Gasteiger partial charge on any atom is -0.378 e. The number of rotatable bonds is 9. The number of primary amides is 1. The van der Waals surface area contributed by atoms with Crippen LogP contribution in [0.3, 0.4) is 0 Å². The first-order valence-corrected chi connectivity index (χ1v) is 11.9. The molecular weight excluding hydrogens is 441 g/mol. The molecule has 1 fully saturated rings. The molecule has 0 aliphatic carbocycles. The Balaban J connectivity index is 1.58. The van der Waals surface area contributed by atoms with Crippen molar-refractivity contribution >= 4 is 28.6 Å². The van der Waals surface area contributed by atoms with Gasteiger partial charge in [-0.3, -0.25) is 4.79 Å². The summed E-state index contributed by atoms with van der Waals surface area (Å²) in [5.41, 5.74) is 9.27. The topological polar surface area (TPSA) is 84.9 Å². The first-order valence-electron chi connectivity index (χ1n) is 11.0. The van der Waals surface area contributed by atoms with E-state index in [1.165, 1.54) is 17.8 Å². The number of hydrogen-bond donors (Lipinski definition) is 2. The lowest BCUT2D eigenvalue weighted by atomic mass is 10.1. The van der Waals surface area contributed by atoms with Gasteiger partial charge in [-0.1, -0.05) is 12.1 Å². The molecule has 0 bridgehead atoms. The van der Waals surface area contributed by atoms with E-state index in [2.05, 4.69) is 44.4 Å². The number of anilines is 1. The fraction of sp³-hybridized carbons (Fsp3) is 0.333. The van der Waals surface area contributed by atoms with E-state index in [0.29, 0.717) is 12.2 Å². The lowest BCUT2D eigenvalue weighted by molar-refractivity contribution is -0.117. The van der Waals surface area contributed by atoms with Gasteiger partial charge in [0.2, 0.25) is 5.91 Å². The number of ether oxygens (including phenoxy) is 1. The summed E-state index contributed by atoms with van der Waals surface area (Å²) in [6, 6.07) is 14.7. The van der Waals surface area contributed by atoms with Crippen LogP contribution < -0.4 is 20.8 Å². The van der Waals surface area contributed by atoms with Crippen molar-refractivity contribution in [1.29, 1.82) is 0 Å². The van der Waals surface area contributed by atoms with E-state index in [-0.39, 0.29) is 18.3 Å². The standard InChI is InChI=1S/C24H28FN5O2S/c25-19-4-6-20(7-5-19)28-24-30(11-1-10-27-16-23(26)31)22(17-33-24)18-2-8-21(9-3-18)29-12-14-32-15-13-29/h2-9,17,27H,1,10-16H2,(H2,26,31). The lowest BCUT2D eigenvalue weighted by Crippen LogP contribution is -2.36. The molecule has 2 aromatic carbocycles. The van der Waals surface area contributed by atoms with Gasteiger partial charge in [-0.15, -0.1) is 11.3 Å². The first-order chi connectivity index (χ1) is 16.1. The van der Waals surface area contributed by atoms with Crippen LogP contribution in [0.1, 0.15) is 6.42 Å². The van der Waals surface area contributed by atoms with Gasteiger partial charge in [0.05, 0.1) is 31.1 Å². The smallest absolute Gasteiger partial charge is 0.231 e. The highest BCUT2D eigenvalue weighted by Crippen LogP contribution is 2.25. The van der Waals surface area contributed by atoms with Crippen LogP contribution >= 0.6 is 11.3 Å². The van der Waals surface area contributed by atoms with Gasteiger partial charge in [0.15, 0.2) is 4.80 Å². The molecule has 0 radical (unpaired) electrons. The van der Waals surface area contributed by atoms with E-state index >= 15 is 0 Å². The number of thiazole rings is 1. The number of halogens is 1. The van der Waals surface area contributed by atoms with Crippen molar-refractivity contribution in [1.82, 2.24) is 9.88 Å². The van der Waals surface area contributed by atoms with Crippen LogP contribution in [0.2, 0.25) is 0 Å². The van der Waals surface area contributed by atoms with Crippen LogP contribution in [-0.4, -0.2) is 49.9 Å². The molecule has 7 nitrogen and oxygen atoms in total. The summed E-state index contributed by atoms with van der Waals surface area (Å²) in [7, 11) is 0. The van der Waals surface area contributed by atoms with Gasteiger partial charge in [0.25, 0.3) is 0 Å². The molecule has 4 rings (SSSR count). The minimum absolute atomic E-state index is 0.164. The second-order valence-electron chi connectivity index (χ2n) is 7.79. The summed E-state index contributed by atoms with van der Waals surface area (Å²) in [6.45, 7) is 4.85. The van der Waals surface area contributed by atoms with Crippen molar-refractivity contribution in [3.63, 3.8) is 0 Å². The van der Waals surface area contributed by atoms with Gasteiger partial charge >= 0.3 is 0 Å². The summed E-state index contributed by atoms with van der Waals surface area (Å²) in [4.78, 5) is 18.9. The average Bonchev–Trinajstić information content (AvgIpc) is 3.23. The molecular formula is C24H28FN5O2S. The van der Waals surface area contributed by atoms with E-state index in [9.17, 15) is 9.18 Å². The summed E-state index contributed by atoms with van der Waals surface area (Å²) in [5.74, 6) is -0.652. The van der Waals surface area contributed by atoms with Gasteiger partial charge in [-0.2, -0.15) is 0 Å². The molecule has 174 valence electrons. The lowest BCUT2D eigenvalue weighted by Gasteiger charge is -2.28. The Morgan fingerprint density at radius 1 is 1.12 bits per heavy atom. The molecule has 9 heteroatoms. The van der Waals surface area contributed by atoms with E-state index in [1.807, 2.05) is 0 Å². The molecule has 2 heterocycles. The molecule has 0 saturated carbocycles. The molecule has 1 aliphatic rings. The second-order valence-corrected chi connectivity index (χ2v) is 8.62. The fourth-order valence-electron chi connectivity index (χ4n) is 3.73. The maximum absolute atomic E-state index is 13.3. The van der Waals surface area contributed by atoms with E-state index in [0.717, 1.165) is 55.3 Å². The van der Waals surface area contributed by atoms with Gasteiger partial charge in [-0.25, -0.2) is 9.38 Å². The number of aromatic nitrogens is 1. The third-order valence-corrected chi connectivity index (χ3v) is 6.29. The van der Waals surface area contributed by atoms with E-state index in [4.69, 9.17) is 15.5 Å². The molecule has 1 saturated heterocycles. The molecule has 3 N–H and O–H groups in total. The SMILES string of the molecule is NC(=O)CNCCCn1c(-c2ccc(N3CCOCC3)cc2)csc1=Nc1ccc(F)cc1. The average molecular weight is 470 g/mol. The number of nitrogens with two attached hydrogens (primary N) is 1. The Bertz CT molecular complexity index is 1120. The molecule has 1 aliphatic heterocycles. The van der Waals surface area contributed by atoms with Crippen LogP contribution in [-0.2, 0) is 16.1 Å². The predicted octanol–water partition coefficient (Wildman–Crippen LogP) is 2.89. The summed E-state index contributed by atoms with van der Waals surface area (Å²) in [5, 5.41) is 5.15. The number of nitrogens with one attached hydrogen (secondary N) is 1. The number of amides is 1. The zero-order valence-corrected chi connectivity index (χ0v) is 19.2. The van der Waals surface area contributed by atoms with Crippen molar-refractivity contribution in [3.05, 3.63) is 64.5 Å². The molecule has 0 spiro atoms. The summed E-state index contributed by atoms with van der Waals surface area (Å²) < 4.78 is 20.9. The number of morpholine rings is 1. The van der Waals surface area contributed by atoms with Crippen LogP contribution in [0.25, 0.3) is 11.3 Å². The Hall–Kier alpha value is -3.01. The van der Waals surface area contributed by atoms with Gasteiger partial charge in [0.1, 0.15) is 5.82 Å². The van der Waals surface area contributed by atoms with Gasteiger partial charge in [-0.05, 0) is 54.9 Å². The number of carbonyl (C=O) groups excluding carboxylic acids is 1. The molecule has 3 aromatic rings. The maximum atomic E-state index is 13.3. The number of carbonyl (C=O) groups is 1. The maximum Gasteiger partial charge on any atom is 0.231 e. The van der Waals surface area contributed by atoms with Crippen molar-refractivity contribution < 1.29 is 13.9 Å². The molecule has 1 aromatic heterocycles. The zero-order chi connectivity index (χ0) is 23.0.